The van der Waals surface area contributed by atoms with E-state index in [1.54, 1.807) is 6.07 Å². The standard InChI is InChI=1S/C13H19BrN2O4S/c1-2-16-5-6-19-10(8-16)9-20-13-4-3-11(7-12(13)14)21(15,17)18/h3-4,7,10H,2,5-6,8-9H2,1H3,(H2,15,17,18). The molecule has 2 N–H and O–H groups in total. The van der Waals surface area contributed by atoms with Gasteiger partial charge < -0.3 is 9.47 Å². The largest absolute Gasteiger partial charge is 0.490 e. The van der Waals surface area contributed by atoms with Crippen LogP contribution in [0.3, 0.4) is 0 Å². The van der Waals surface area contributed by atoms with E-state index in [9.17, 15) is 8.42 Å². The Bertz CT molecular complexity index is 594. The van der Waals surface area contributed by atoms with Crippen LogP contribution in [0.4, 0.5) is 0 Å². The van der Waals surface area contributed by atoms with Crippen molar-refractivity contribution in [3.63, 3.8) is 0 Å². The number of morpholine rings is 1. The fourth-order valence-electron chi connectivity index (χ4n) is 2.13. The Morgan fingerprint density at radius 2 is 2.29 bits per heavy atom. The number of likely N-dealkylation sites (N-methyl/N-ethyl adjacent to an activating group) is 1. The number of primary sulfonamides is 1. The zero-order valence-corrected chi connectivity index (χ0v) is 14.2. The lowest BCUT2D eigenvalue weighted by Crippen LogP contribution is -2.44. The first kappa shape index (κ1) is 16.7. The van der Waals surface area contributed by atoms with Crippen LogP contribution in [0.25, 0.3) is 0 Å². The number of nitrogens with two attached hydrogens (primary N) is 1. The first-order valence-electron chi connectivity index (χ1n) is 6.69. The van der Waals surface area contributed by atoms with Crippen LogP contribution in [0.2, 0.25) is 0 Å². The van der Waals surface area contributed by atoms with Gasteiger partial charge in [-0.05, 0) is 40.7 Å². The molecule has 0 aromatic heterocycles. The molecule has 1 atom stereocenters. The number of sulfonamides is 1. The predicted octanol–water partition coefficient (Wildman–Crippen LogP) is 1.20. The number of nitrogens with zero attached hydrogens (tertiary/aromatic N) is 1. The van der Waals surface area contributed by atoms with Crippen molar-refractivity contribution in [3.8, 4) is 5.75 Å². The zero-order chi connectivity index (χ0) is 15.5. The maximum atomic E-state index is 11.3. The van der Waals surface area contributed by atoms with Crippen LogP contribution in [0, 0.1) is 0 Å². The van der Waals surface area contributed by atoms with E-state index in [2.05, 4.69) is 27.8 Å². The van der Waals surface area contributed by atoms with Crippen molar-refractivity contribution >= 4 is 26.0 Å². The van der Waals surface area contributed by atoms with Crippen molar-refractivity contribution in [3.05, 3.63) is 22.7 Å². The normalized spacial score (nSPS) is 20.4. The van der Waals surface area contributed by atoms with Crippen LogP contribution in [0.5, 0.6) is 5.75 Å². The SMILES string of the molecule is CCN1CCOC(COc2ccc(S(N)(=O)=O)cc2Br)C1. The van der Waals surface area contributed by atoms with Crippen molar-refractivity contribution in [1.29, 1.82) is 0 Å². The molecule has 1 aliphatic heterocycles. The molecule has 0 amide bonds. The number of ether oxygens (including phenoxy) is 2. The molecule has 21 heavy (non-hydrogen) atoms. The summed E-state index contributed by atoms with van der Waals surface area (Å²) in [4.78, 5) is 2.35. The highest BCUT2D eigenvalue weighted by atomic mass is 79.9. The molecule has 0 radical (unpaired) electrons. The first-order valence-corrected chi connectivity index (χ1v) is 9.03. The molecule has 6 nitrogen and oxygen atoms in total. The smallest absolute Gasteiger partial charge is 0.238 e. The summed E-state index contributed by atoms with van der Waals surface area (Å²) in [5, 5.41) is 5.08. The average molecular weight is 379 g/mol. The second-order valence-corrected chi connectivity index (χ2v) is 7.25. The summed E-state index contributed by atoms with van der Waals surface area (Å²) in [6.45, 7) is 6.01. The van der Waals surface area contributed by atoms with Crippen molar-refractivity contribution < 1.29 is 17.9 Å². The van der Waals surface area contributed by atoms with E-state index >= 15 is 0 Å². The number of rotatable bonds is 5. The monoisotopic (exact) mass is 378 g/mol. The lowest BCUT2D eigenvalue weighted by Gasteiger charge is -2.31. The number of halogens is 1. The highest BCUT2D eigenvalue weighted by molar-refractivity contribution is 9.10. The second kappa shape index (κ2) is 7.06. The maximum absolute atomic E-state index is 11.3. The molecule has 1 aromatic rings. The summed E-state index contributed by atoms with van der Waals surface area (Å²) in [6, 6.07) is 4.45. The highest BCUT2D eigenvalue weighted by Gasteiger charge is 2.20. The Balaban J connectivity index is 1.97. The quantitative estimate of drug-likeness (QED) is 0.832. The summed E-state index contributed by atoms with van der Waals surface area (Å²) < 4.78 is 34.4. The van der Waals surface area contributed by atoms with Crippen LogP contribution in [-0.2, 0) is 14.8 Å². The minimum absolute atomic E-state index is 0.0171. The zero-order valence-electron chi connectivity index (χ0n) is 11.8. The Morgan fingerprint density at radius 3 is 2.90 bits per heavy atom. The molecular weight excluding hydrogens is 360 g/mol. The molecular formula is C13H19BrN2O4S. The molecule has 8 heteroatoms. The van der Waals surface area contributed by atoms with E-state index in [0.29, 0.717) is 23.4 Å². The molecule has 1 fully saturated rings. The molecule has 0 spiro atoms. The third kappa shape index (κ3) is 4.65. The third-order valence-electron chi connectivity index (χ3n) is 3.33. The molecule has 0 saturated carbocycles. The lowest BCUT2D eigenvalue weighted by molar-refractivity contribution is -0.0465. The summed E-state index contributed by atoms with van der Waals surface area (Å²) in [5.41, 5.74) is 0. The lowest BCUT2D eigenvalue weighted by atomic mass is 10.3. The van der Waals surface area contributed by atoms with Crippen LogP contribution < -0.4 is 9.88 Å². The Kier molecular flexibility index (Phi) is 5.61. The predicted molar refractivity (Wildman–Crippen MR) is 82.9 cm³/mol. The van der Waals surface area contributed by atoms with Crippen molar-refractivity contribution in [2.24, 2.45) is 5.14 Å². The third-order valence-corrected chi connectivity index (χ3v) is 4.86. The van der Waals surface area contributed by atoms with Gasteiger partial charge >= 0.3 is 0 Å². The molecule has 1 unspecified atom stereocenters. The fourth-order valence-corrected chi connectivity index (χ4v) is 3.31. The van der Waals surface area contributed by atoms with Gasteiger partial charge in [0.15, 0.2) is 0 Å². The summed E-state index contributed by atoms with van der Waals surface area (Å²) in [5.74, 6) is 0.569. The Labute approximate surface area is 133 Å². The van der Waals surface area contributed by atoms with Gasteiger partial charge in [0.1, 0.15) is 18.5 Å². The topological polar surface area (TPSA) is 81.9 Å². The van der Waals surface area contributed by atoms with Crippen molar-refractivity contribution in [1.82, 2.24) is 4.90 Å². The van der Waals surface area contributed by atoms with E-state index in [-0.39, 0.29) is 11.0 Å². The van der Waals surface area contributed by atoms with Crippen LogP contribution in [0.15, 0.2) is 27.6 Å². The van der Waals surface area contributed by atoms with Gasteiger partial charge in [-0.15, -0.1) is 0 Å². The van der Waals surface area contributed by atoms with Gasteiger partial charge in [0.25, 0.3) is 0 Å². The molecule has 1 aromatic carbocycles. The van der Waals surface area contributed by atoms with E-state index in [1.165, 1.54) is 12.1 Å². The van der Waals surface area contributed by atoms with Crippen LogP contribution in [-0.4, -0.2) is 52.3 Å². The van der Waals surface area contributed by atoms with Gasteiger partial charge in [-0.25, -0.2) is 13.6 Å². The minimum atomic E-state index is -3.71. The molecule has 118 valence electrons. The first-order chi connectivity index (χ1) is 9.90. The Morgan fingerprint density at radius 1 is 1.52 bits per heavy atom. The highest BCUT2D eigenvalue weighted by Crippen LogP contribution is 2.27. The van der Waals surface area contributed by atoms with E-state index in [0.717, 1.165) is 19.6 Å². The van der Waals surface area contributed by atoms with Gasteiger partial charge in [0, 0.05) is 13.1 Å². The van der Waals surface area contributed by atoms with Crippen molar-refractivity contribution in [2.75, 3.05) is 32.8 Å². The molecule has 0 bridgehead atoms. The van der Waals surface area contributed by atoms with E-state index in [1.807, 2.05) is 0 Å². The van der Waals surface area contributed by atoms with Gasteiger partial charge in [-0.3, -0.25) is 4.90 Å². The summed E-state index contributed by atoms with van der Waals surface area (Å²) in [7, 11) is -3.71. The molecule has 1 aliphatic rings. The van der Waals surface area contributed by atoms with Crippen LogP contribution in [0.1, 0.15) is 6.92 Å². The minimum Gasteiger partial charge on any atom is -0.490 e. The number of hydrogen-bond donors (Lipinski definition) is 1. The van der Waals surface area contributed by atoms with Gasteiger partial charge in [-0.1, -0.05) is 6.92 Å². The van der Waals surface area contributed by atoms with E-state index < -0.39 is 10.0 Å². The Hall–Kier alpha value is -0.670. The number of benzene rings is 1. The summed E-state index contributed by atoms with van der Waals surface area (Å²) in [6.07, 6.45) is 0.0171. The molecule has 1 saturated heterocycles. The van der Waals surface area contributed by atoms with E-state index in [4.69, 9.17) is 14.6 Å². The molecule has 1 heterocycles. The summed E-state index contributed by atoms with van der Waals surface area (Å²) >= 11 is 3.29. The average Bonchev–Trinajstić information content (AvgIpc) is 2.45. The molecule has 0 aliphatic carbocycles. The molecule has 2 rings (SSSR count). The fraction of sp³-hybridized carbons (Fsp3) is 0.538. The van der Waals surface area contributed by atoms with Crippen LogP contribution >= 0.6 is 15.9 Å². The van der Waals surface area contributed by atoms with Crippen molar-refractivity contribution in [2.45, 2.75) is 17.9 Å². The van der Waals surface area contributed by atoms with Gasteiger partial charge in [0.05, 0.1) is 16.0 Å². The van der Waals surface area contributed by atoms with Gasteiger partial charge in [0.2, 0.25) is 10.0 Å². The maximum Gasteiger partial charge on any atom is 0.238 e. The van der Waals surface area contributed by atoms with Gasteiger partial charge in [-0.2, -0.15) is 0 Å². The number of hydrogen-bond acceptors (Lipinski definition) is 5. The second-order valence-electron chi connectivity index (χ2n) is 4.83.